The van der Waals surface area contributed by atoms with Crippen LogP contribution in [0.2, 0.25) is 0 Å². The van der Waals surface area contributed by atoms with Crippen molar-refractivity contribution in [1.82, 2.24) is 0 Å². The third kappa shape index (κ3) is 3.83. The van der Waals surface area contributed by atoms with Gasteiger partial charge in [0.1, 0.15) is 11.6 Å². The summed E-state index contributed by atoms with van der Waals surface area (Å²) in [6.45, 7) is 4.25. The predicted octanol–water partition coefficient (Wildman–Crippen LogP) is 4.50. The number of benzene rings is 2. The second-order valence-electron chi connectivity index (χ2n) is 5.46. The highest BCUT2D eigenvalue weighted by atomic mass is 19.2. The van der Waals surface area contributed by atoms with E-state index in [-0.39, 0.29) is 22.6 Å². The van der Waals surface area contributed by atoms with Gasteiger partial charge < -0.3 is 9.84 Å². The van der Waals surface area contributed by atoms with E-state index in [4.69, 9.17) is 4.74 Å². The van der Waals surface area contributed by atoms with Gasteiger partial charge in [0.05, 0.1) is 12.2 Å². The molecule has 2 aromatic rings. The van der Waals surface area contributed by atoms with Gasteiger partial charge in [-0.25, -0.2) is 18.0 Å². The minimum atomic E-state index is -1.33. The van der Waals surface area contributed by atoms with Crippen molar-refractivity contribution in [1.29, 1.82) is 0 Å². The Bertz CT molecular complexity index is 742. The zero-order chi connectivity index (χ0) is 17.1. The van der Waals surface area contributed by atoms with Gasteiger partial charge in [0, 0.05) is 11.6 Å². The Morgan fingerprint density at radius 1 is 1.04 bits per heavy atom. The molecule has 0 aliphatic heterocycles. The van der Waals surface area contributed by atoms with Gasteiger partial charge in [-0.05, 0) is 35.7 Å². The largest absolute Gasteiger partial charge is 0.493 e. The standard InChI is InChI=1S/C17H15F3O3/c1-9(2)8-23-10-3-4-11(13(5-10)17(21)22)12-6-15(19)16(20)7-14(12)18/h3-7,9H,8H2,1-2H3,(H,21,22). The molecule has 0 spiro atoms. The monoisotopic (exact) mass is 324 g/mol. The maximum Gasteiger partial charge on any atom is 0.336 e. The molecule has 0 fully saturated rings. The summed E-state index contributed by atoms with van der Waals surface area (Å²) >= 11 is 0. The number of rotatable bonds is 5. The number of carboxylic acid groups (broad SMARTS) is 1. The van der Waals surface area contributed by atoms with Gasteiger partial charge in [-0.1, -0.05) is 13.8 Å². The molecule has 0 aromatic heterocycles. The fraction of sp³-hybridized carbons (Fsp3) is 0.235. The van der Waals surface area contributed by atoms with E-state index >= 15 is 0 Å². The number of hydrogen-bond donors (Lipinski definition) is 1. The van der Waals surface area contributed by atoms with Crippen LogP contribution in [0.5, 0.6) is 5.75 Å². The Labute approximate surface area is 131 Å². The van der Waals surface area contributed by atoms with E-state index in [1.807, 2.05) is 13.8 Å². The lowest BCUT2D eigenvalue weighted by Crippen LogP contribution is -2.07. The molecule has 0 heterocycles. The zero-order valence-electron chi connectivity index (χ0n) is 12.6. The van der Waals surface area contributed by atoms with Crippen LogP contribution in [0.15, 0.2) is 30.3 Å². The van der Waals surface area contributed by atoms with Crippen LogP contribution in [0.4, 0.5) is 13.2 Å². The quantitative estimate of drug-likeness (QED) is 0.824. The van der Waals surface area contributed by atoms with E-state index in [1.54, 1.807) is 0 Å². The minimum absolute atomic E-state index is 0.0502. The topological polar surface area (TPSA) is 46.5 Å². The molecule has 0 aliphatic rings. The molecular formula is C17H15F3O3. The Morgan fingerprint density at radius 3 is 2.30 bits per heavy atom. The fourth-order valence-corrected chi connectivity index (χ4v) is 2.02. The number of halogens is 3. The first-order valence-corrected chi connectivity index (χ1v) is 6.94. The van der Waals surface area contributed by atoms with Crippen molar-refractivity contribution in [2.75, 3.05) is 6.61 Å². The first-order chi connectivity index (χ1) is 10.8. The zero-order valence-corrected chi connectivity index (χ0v) is 12.6. The molecule has 0 atom stereocenters. The van der Waals surface area contributed by atoms with Crippen molar-refractivity contribution >= 4 is 5.97 Å². The lowest BCUT2D eigenvalue weighted by molar-refractivity contribution is 0.0697. The maximum absolute atomic E-state index is 13.9. The van der Waals surface area contributed by atoms with Crippen LogP contribution in [0.25, 0.3) is 11.1 Å². The Kier molecular flexibility index (Phi) is 4.93. The van der Waals surface area contributed by atoms with Gasteiger partial charge >= 0.3 is 5.97 Å². The number of ether oxygens (including phenoxy) is 1. The second-order valence-corrected chi connectivity index (χ2v) is 5.46. The van der Waals surface area contributed by atoms with E-state index in [2.05, 4.69) is 0 Å². The Balaban J connectivity index is 2.50. The Morgan fingerprint density at radius 2 is 1.70 bits per heavy atom. The summed E-state index contributed by atoms with van der Waals surface area (Å²) in [5.74, 6) is -4.39. The summed E-state index contributed by atoms with van der Waals surface area (Å²) in [5.41, 5.74) is -0.626. The van der Waals surface area contributed by atoms with Crippen LogP contribution in [0.3, 0.4) is 0 Å². The number of carboxylic acids is 1. The molecule has 6 heteroatoms. The van der Waals surface area contributed by atoms with Gasteiger partial charge in [0.25, 0.3) is 0 Å². The molecule has 0 radical (unpaired) electrons. The van der Waals surface area contributed by atoms with Gasteiger partial charge in [0.2, 0.25) is 0 Å². The third-order valence-corrected chi connectivity index (χ3v) is 3.10. The molecule has 0 unspecified atom stereocenters. The predicted molar refractivity (Wildman–Crippen MR) is 79.0 cm³/mol. The lowest BCUT2D eigenvalue weighted by atomic mass is 9.98. The molecule has 0 saturated carbocycles. The second kappa shape index (κ2) is 6.73. The summed E-state index contributed by atoms with van der Waals surface area (Å²) in [6.07, 6.45) is 0. The number of hydrogen-bond acceptors (Lipinski definition) is 2. The van der Waals surface area contributed by atoms with E-state index in [9.17, 15) is 23.1 Å². The van der Waals surface area contributed by atoms with Crippen molar-refractivity contribution in [3.63, 3.8) is 0 Å². The van der Waals surface area contributed by atoms with E-state index < -0.39 is 23.4 Å². The van der Waals surface area contributed by atoms with Gasteiger partial charge in [-0.15, -0.1) is 0 Å². The van der Waals surface area contributed by atoms with Crippen LogP contribution in [0.1, 0.15) is 24.2 Å². The van der Waals surface area contributed by atoms with Crippen molar-refractivity contribution in [2.24, 2.45) is 5.92 Å². The molecule has 0 bridgehead atoms. The first-order valence-electron chi connectivity index (χ1n) is 6.94. The molecule has 122 valence electrons. The smallest absolute Gasteiger partial charge is 0.336 e. The molecule has 3 nitrogen and oxygen atoms in total. The number of carbonyl (C=O) groups is 1. The summed E-state index contributed by atoms with van der Waals surface area (Å²) in [6, 6.07) is 5.04. The summed E-state index contributed by atoms with van der Waals surface area (Å²) in [5, 5.41) is 9.30. The SMILES string of the molecule is CC(C)COc1ccc(-c2cc(F)c(F)cc2F)c(C(=O)O)c1. The fourth-order valence-electron chi connectivity index (χ4n) is 2.02. The minimum Gasteiger partial charge on any atom is -0.493 e. The highest BCUT2D eigenvalue weighted by Crippen LogP contribution is 2.31. The van der Waals surface area contributed by atoms with Crippen molar-refractivity contribution in [2.45, 2.75) is 13.8 Å². The lowest BCUT2D eigenvalue weighted by Gasteiger charge is -2.12. The number of aromatic carboxylic acids is 1. The summed E-state index contributed by atoms with van der Waals surface area (Å²) < 4.78 is 45.7. The molecule has 0 saturated heterocycles. The van der Waals surface area contributed by atoms with Crippen LogP contribution < -0.4 is 4.74 Å². The molecule has 1 N–H and O–H groups in total. The third-order valence-electron chi connectivity index (χ3n) is 3.10. The van der Waals surface area contributed by atoms with Crippen LogP contribution in [0, 0.1) is 23.4 Å². The van der Waals surface area contributed by atoms with Gasteiger partial charge in [-0.2, -0.15) is 0 Å². The molecule has 2 aromatic carbocycles. The van der Waals surface area contributed by atoms with Crippen molar-refractivity contribution < 1.29 is 27.8 Å². The van der Waals surface area contributed by atoms with Crippen molar-refractivity contribution in [3.05, 3.63) is 53.3 Å². The average Bonchev–Trinajstić information content (AvgIpc) is 2.48. The van der Waals surface area contributed by atoms with E-state index in [1.165, 1.54) is 18.2 Å². The molecule has 0 amide bonds. The first kappa shape index (κ1) is 16.9. The highest BCUT2D eigenvalue weighted by molar-refractivity contribution is 5.96. The van der Waals surface area contributed by atoms with Gasteiger partial charge in [-0.3, -0.25) is 0 Å². The maximum atomic E-state index is 13.9. The van der Waals surface area contributed by atoms with Crippen molar-refractivity contribution in [3.8, 4) is 16.9 Å². The van der Waals surface area contributed by atoms with E-state index in [0.717, 1.165) is 0 Å². The molecule has 23 heavy (non-hydrogen) atoms. The normalized spacial score (nSPS) is 10.9. The Hall–Kier alpha value is -2.50. The van der Waals surface area contributed by atoms with E-state index in [0.29, 0.717) is 24.5 Å². The molecular weight excluding hydrogens is 309 g/mol. The highest BCUT2D eigenvalue weighted by Gasteiger charge is 2.18. The summed E-state index contributed by atoms with van der Waals surface area (Å²) in [4.78, 5) is 11.4. The van der Waals surface area contributed by atoms with Crippen LogP contribution >= 0.6 is 0 Å². The van der Waals surface area contributed by atoms with Crippen LogP contribution in [-0.4, -0.2) is 17.7 Å². The van der Waals surface area contributed by atoms with Crippen LogP contribution in [-0.2, 0) is 0 Å². The molecule has 0 aliphatic carbocycles. The average molecular weight is 324 g/mol. The summed E-state index contributed by atoms with van der Waals surface area (Å²) in [7, 11) is 0. The van der Waals surface area contributed by atoms with Gasteiger partial charge in [0.15, 0.2) is 11.6 Å². The molecule has 2 rings (SSSR count).